The number of benzene rings is 2. The molecule has 0 bridgehead atoms. The van der Waals surface area contributed by atoms with E-state index in [1.807, 2.05) is 0 Å². The zero-order valence-corrected chi connectivity index (χ0v) is 14.2. The average Bonchev–Trinajstić information content (AvgIpc) is 2.54. The third kappa shape index (κ3) is 4.29. The van der Waals surface area contributed by atoms with E-state index >= 15 is 0 Å². The second-order valence-corrected chi connectivity index (χ2v) is 7.30. The van der Waals surface area contributed by atoms with Crippen LogP contribution in [0.4, 0.5) is 17.6 Å². The third-order valence-electron chi connectivity index (χ3n) is 3.51. The summed E-state index contributed by atoms with van der Waals surface area (Å²) in [6.45, 7) is -0.149. The summed E-state index contributed by atoms with van der Waals surface area (Å²) in [6, 6.07) is 7.19. The molecule has 9 heteroatoms. The molecule has 2 aromatic rings. The Bertz CT molecular complexity index is 849. The lowest BCUT2D eigenvalue weighted by atomic mass is 10.2. The van der Waals surface area contributed by atoms with Gasteiger partial charge in [-0.15, -0.1) is 0 Å². The van der Waals surface area contributed by atoms with Gasteiger partial charge >= 0.3 is 6.18 Å². The summed E-state index contributed by atoms with van der Waals surface area (Å²) in [4.78, 5) is -0.281. The molecular weight excluding hydrogens is 362 g/mol. The first-order valence-corrected chi connectivity index (χ1v) is 8.45. The molecule has 0 amide bonds. The summed E-state index contributed by atoms with van der Waals surface area (Å²) < 4.78 is 81.9. The molecule has 0 fully saturated rings. The van der Waals surface area contributed by atoms with Gasteiger partial charge in [0.25, 0.3) is 0 Å². The quantitative estimate of drug-likeness (QED) is 0.747. The molecule has 25 heavy (non-hydrogen) atoms. The number of hydrogen-bond donors (Lipinski definition) is 0. The van der Waals surface area contributed by atoms with Crippen molar-refractivity contribution in [1.29, 1.82) is 0 Å². The van der Waals surface area contributed by atoms with E-state index in [-0.39, 0.29) is 17.2 Å². The van der Waals surface area contributed by atoms with Gasteiger partial charge < -0.3 is 4.74 Å². The lowest BCUT2D eigenvalue weighted by Crippen LogP contribution is -2.26. The molecule has 0 radical (unpaired) electrons. The molecule has 0 unspecified atom stereocenters. The smallest absolute Gasteiger partial charge is 0.416 e. The van der Waals surface area contributed by atoms with Crippen molar-refractivity contribution >= 4 is 10.0 Å². The predicted molar refractivity (Wildman–Crippen MR) is 83.0 cm³/mol. The van der Waals surface area contributed by atoms with Crippen LogP contribution in [-0.2, 0) is 22.7 Å². The summed E-state index contributed by atoms with van der Waals surface area (Å²) in [5.74, 6) is -0.614. The molecule has 0 atom stereocenters. The highest BCUT2D eigenvalue weighted by molar-refractivity contribution is 7.89. The van der Waals surface area contributed by atoms with Gasteiger partial charge in [0, 0.05) is 13.6 Å². The highest BCUT2D eigenvalue weighted by atomic mass is 32.2. The summed E-state index contributed by atoms with van der Waals surface area (Å²) >= 11 is 0. The fourth-order valence-electron chi connectivity index (χ4n) is 2.15. The molecule has 0 aliphatic rings. The number of rotatable bonds is 5. The monoisotopic (exact) mass is 377 g/mol. The normalized spacial score (nSPS) is 12.4. The molecular formula is C16H15F4NO3S. The van der Waals surface area contributed by atoms with Crippen LogP contribution in [0.5, 0.6) is 5.75 Å². The van der Waals surface area contributed by atoms with Crippen LogP contribution < -0.4 is 4.74 Å². The number of ether oxygens (including phenoxy) is 1. The van der Waals surface area contributed by atoms with Gasteiger partial charge in [0.15, 0.2) is 11.6 Å². The van der Waals surface area contributed by atoms with Crippen LogP contribution in [0, 0.1) is 5.82 Å². The zero-order chi connectivity index (χ0) is 18.8. The van der Waals surface area contributed by atoms with Gasteiger partial charge in [-0.1, -0.05) is 6.07 Å². The van der Waals surface area contributed by atoms with E-state index in [4.69, 9.17) is 4.74 Å². The van der Waals surface area contributed by atoms with Crippen LogP contribution in [0.3, 0.4) is 0 Å². The lowest BCUT2D eigenvalue weighted by Gasteiger charge is -2.18. The minimum Gasteiger partial charge on any atom is -0.494 e. The van der Waals surface area contributed by atoms with E-state index in [0.29, 0.717) is 17.7 Å². The maximum atomic E-state index is 13.7. The number of alkyl halides is 3. The zero-order valence-electron chi connectivity index (χ0n) is 13.3. The number of nitrogens with zero attached hydrogens (tertiary/aromatic N) is 1. The van der Waals surface area contributed by atoms with Crippen LogP contribution in [0.15, 0.2) is 47.4 Å². The summed E-state index contributed by atoms with van der Waals surface area (Å²) in [5, 5.41) is 0. The van der Waals surface area contributed by atoms with Gasteiger partial charge in [-0.2, -0.15) is 17.5 Å². The van der Waals surface area contributed by atoms with Crippen LogP contribution in [-0.4, -0.2) is 26.9 Å². The highest BCUT2D eigenvalue weighted by Gasteiger charge is 2.31. The summed E-state index contributed by atoms with van der Waals surface area (Å²) in [7, 11) is -1.45. The lowest BCUT2D eigenvalue weighted by molar-refractivity contribution is -0.137. The van der Waals surface area contributed by atoms with Gasteiger partial charge in [-0.05, 0) is 42.0 Å². The van der Waals surface area contributed by atoms with Crippen molar-refractivity contribution in [1.82, 2.24) is 4.31 Å². The Kier molecular flexibility index (Phi) is 5.38. The van der Waals surface area contributed by atoms with Gasteiger partial charge in [0.1, 0.15) is 0 Å². The number of methoxy groups -OCH3 is 1. The minimum absolute atomic E-state index is 0.0250. The molecule has 0 aliphatic carbocycles. The molecule has 2 aromatic carbocycles. The van der Waals surface area contributed by atoms with Crippen molar-refractivity contribution in [3.8, 4) is 5.75 Å². The Morgan fingerprint density at radius 2 is 1.68 bits per heavy atom. The van der Waals surface area contributed by atoms with E-state index in [0.717, 1.165) is 22.5 Å². The molecule has 2 rings (SSSR count). The first kappa shape index (κ1) is 19.2. The van der Waals surface area contributed by atoms with Crippen LogP contribution >= 0.6 is 0 Å². The van der Waals surface area contributed by atoms with E-state index in [1.54, 1.807) is 0 Å². The largest absolute Gasteiger partial charge is 0.494 e. The van der Waals surface area contributed by atoms with Crippen LogP contribution in [0.25, 0.3) is 0 Å². The Balaban J connectivity index is 2.22. The Morgan fingerprint density at radius 1 is 1.08 bits per heavy atom. The molecule has 0 saturated heterocycles. The second kappa shape index (κ2) is 7.01. The number of sulfonamides is 1. The van der Waals surface area contributed by atoms with Crippen LogP contribution in [0.2, 0.25) is 0 Å². The maximum Gasteiger partial charge on any atom is 0.416 e. The average molecular weight is 377 g/mol. The third-order valence-corrected chi connectivity index (χ3v) is 5.33. The van der Waals surface area contributed by atoms with Gasteiger partial charge in [0.05, 0.1) is 17.6 Å². The molecule has 0 aliphatic heterocycles. The fraction of sp³-hybridized carbons (Fsp3) is 0.250. The maximum absolute atomic E-state index is 13.7. The first-order chi connectivity index (χ1) is 11.6. The van der Waals surface area contributed by atoms with E-state index in [1.165, 1.54) is 26.3 Å². The fourth-order valence-corrected chi connectivity index (χ4v) is 3.31. The van der Waals surface area contributed by atoms with Gasteiger partial charge in [0.2, 0.25) is 10.0 Å². The summed E-state index contributed by atoms with van der Waals surface area (Å²) in [5.41, 5.74) is -0.567. The van der Waals surface area contributed by atoms with Gasteiger partial charge in [-0.3, -0.25) is 0 Å². The standard InChI is InChI=1S/C16H15F4NO3S/c1-21(10-11-3-8-15(24-2)14(17)9-11)25(22,23)13-6-4-12(5-7-13)16(18,19)20/h3-9H,10H2,1-2H3. The molecule has 0 heterocycles. The summed E-state index contributed by atoms with van der Waals surface area (Å²) in [6.07, 6.45) is -4.55. The SMILES string of the molecule is COc1ccc(CN(C)S(=O)(=O)c2ccc(C(F)(F)F)cc2)cc1F. The molecule has 136 valence electrons. The highest BCUT2D eigenvalue weighted by Crippen LogP contribution is 2.30. The van der Waals surface area contributed by atoms with E-state index < -0.39 is 27.6 Å². The van der Waals surface area contributed by atoms with Crippen molar-refractivity contribution < 1.29 is 30.7 Å². The number of halogens is 4. The minimum atomic E-state index is -4.55. The molecule has 0 N–H and O–H groups in total. The van der Waals surface area contributed by atoms with E-state index in [2.05, 4.69) is 0 Å². The van der Waals surface area contributed by atoms with Crippen molar-refractivity contribution in [2.24, 2.45) is 0 Å². The molecule has 0 aromatic heterocycles. The van der Waals surface area contributed by atoms with Crippen molar-refractivity contribution in [3.63, 3.8) is 0 Å². The molecule has 0 saturated carbocycles. The molecule has 4 nitrogen and oxygen atoms in total. The Morgan fingerprint density at radius 3 is 2.16 bits per heavy atom. The van der Waals surface area contributed by atoms with Crippen molar-refractivity contribution in [2.75, 3.05) is 14.2 Å². The van der Waals surface area contributed by atoms with E-state index in [9.17, 15) is 26.0 Å². The van der Waals surface area contributed by atoms with Crippen molar-refractivity contribution in [3.05, 3.63) is 59.4 Å². The topological polar surface area (TPSA) is 46.6 Å². The van der Waals surface area contributed by atoms with Gasteiger partial charge in [-0.25, -0.2) is 12.8 Å². The second-order valence-electron chi connectivity index (χ2n) is 5.25. The first-order valence-electron chi connectivity index (χ1n) is 7.01. The number of hydrogen-bond acceptors (Lipinski definition) is 3. The Labute approximate surface area is 142 Å². The Hall–Kier alpha value is -2.13. The van der Waals surface area contributed by atoms with Crippen LogP contribution in [0.1, 0.15) is 11.1 Å². The van der Waals surface area contributed by atoms with Crippen molar-refractivity contribution in [2.45, 2.75) is 17.6 Å². The molecule has 0 spiro atoms. The predicted octanol–water partition coefficient (Wildman–Crippen LogP) is 3.67.